The highest BCUT2D eigenvalue weighted by molar-refractivity contribution is 5.89. The molecular formula is C17H17NO4. The zero-order valence-corrected chi connectivity index (χ0v) is 12.0. The molecule has 0 spiro atoms. The molecule has 0 radical (unpaired) electrons. The fourth-order valence-electron chi connectivity index (χ4n) is 2.58. The number of carboxylic acid groups (broad SMARTS) is 1. The van der Waals surface area contributed by atoms with Gasteiger partial charge in [0.2, 0.25) is 5.91 Å². The Labute approximate surface area is 128 Å². The van der Waals surface area contributed by atoms with Crippen LogP contribution in [0.15, 0.2) is 53.1 Å². The van der Waals surface area contributed by atoms with E-state index in [1.807, 2.05) is 36.4 Å². The van der Waals surface area contributed by atoms with E-state index in [2.05, 4.69) is 0 Å². The highest BCUT2D eigenvalue weighted by atomic mass is 16.4. The summed E-state index contributed by atoms with van der Waals surface area (Å²) < 4.78 is 5.32. The molecule has 1 fully saturated rings. The second-order valence-electron chi connectivity index (χ2n) is 5.55. The van der Waals surface area contributed by atoms with Crippen molar-refractivity contribution in [2.45, 2.75) is 19.5 Å². The summed E-state index contributed by atoms with van der Waals surface area (Å²) in [5.41, 5.74) is 1.01. The zero-order chi connectivity index (χ0) is 15.5. The third-order valence-corrected chi connectivity index (χ3v) is 3.88. The molecule has 1 aliphatic rings. The number of nitrogens with zero attached hydrogens (tertiary/aromatic N) is 1. The molecule has 3 rings (SSSR count). The first-order valence-corrected chi connectivity index (χ1v) is 7.23. The molecule has 0 saturated heterocycles. The summed E-state index contributed by atoms with van der Waals surface area (Å²) in [6.07, 6.45) is 2.00. The first-order valence-electron chi connectivity index (χ1n) is 7.23. The predicted octanol–water partition coefficient (Wildman–Crippen LogP) is 2.53. The Morgan fingerprint density at radius 3 is 2.45 bits per heavy atom. The van der Waals surface area contributed by atoms with Gasteiger partial charge in [-0.05, 0) is 24.1 Å². The maximum absolute atomic E-state index is 12.6. The lowest BCUT2D eigenvalue weighted by atomic mass is 10.2. The Morgan fingerprint density at radius 2 is 1.86 bits per heavy atom. The molecule has 5 heteroatoms. The molecule has 114 valence electrons. The quantitative estimate of drug-likeness (QED) is 0.889. The van der Waals surface area contributed by atoms with Gasteiger partial charge in [0, 0.05) is 6.54 Å². The second-order valence-corrected chi connectivity index (χ2v) is 5.55. The number of aliphatic carboxylic acids is 1. The number of hydrogen-bond acceptors (Lipinski definition) is 3. The fraction of sp³-hybridized carbons (Fsp3) is 0.294. The monoisotopic (exact) mass is 299 g/mol. The van der Waals surface area contributed by atoms with Crippen molar-refractivity contribution in [1.29, 1.82) is 0 Å². The van der Waals surface area contributed by atoms with Crippen LogP contribution in [-0.2, 0) is 22.7 Å². The average Bonchev–Trinajstić information content (AvgIpc) is 3.17. The highest BCUT2D eigenvalue weighted by Gasteiger charge is 2.49. The maximum Gasteiger partial charge on any atom is 0.307 e. The van der Waals surface area contributed by atoms with E-state index in [4.69, 9.17) is 9.52 Å². The zero-order valence-electron chi connectivity index (χ0n) is 12.0. The van der Waals surface area contributed by atoms with Gasteiger partial charge in [-0.1, -0.05) is 30.3 Å². The number of furan rings is 1. The van der Waals surface area contributed by atoms with Crippen LogP contribution in [0, 0.1) is 11.8 Å². The van der Waals surface area contributed by atoms with Crippen molar-refractivity contribution in [3.8, 4) is 0 Å². The number of carbonyl (C=O) groups excluding carboxylic acids is 1. The fourth-order valence-corrected chi connectivity index (χ4v) is 2.58. The Bertz CT molecular complexity index is 651. The maximum atomic E-state index is 12.6. The minimum absolute atomic E-state index is 0.118. The first kappa shape index (κ1) is 14.4. The van der Waals surface area contributed by atoms with Crippen molar-refractivity contribution < 1.29 is 19.1 Å². The molecule has 1 aromatic heterocycles. The summed E-state index contributed by atoms with van der Waals surface area (Å²) in [5, 5.41) is 9.01. The van der Waals surface area contributed by atoms with Gasteiger partial charge in [-0.3, -0.25) is 9.59 Å². The van der Waals surface area contributed by atoms with Crippen molar-refractivity contribution in [3.05, 3.63) is 60.1 Å². The summed E-state index contributed by atoms with van der Waals surface area (Å²) in [5.74, 6) is -1.26. The van der Waals surface area contributed by atoms with Crippen molar-refractivity contribution in [1.82, 2.24) is 4.90 Å². The Balaban J connectivity index is 1.74. The van der Waals surface area contributed by atoms with Gasteiger partial charge in [-0.15, -0.1) is 0 Å². The van der Waals surface area contributed by atoms with E-state index in [-0.39, 0.29) is 5.91 Å². The van der Waals surface area contributed by atoms with Crippen molar-refractivity contribution in [3.63, 3.8) is 0 Å². The molecule has 0 unspecified atom stereocenters. The van der Waals surface area contributed by atoms with Crippen molar-refractivity contribution >= 4 is 11.9 Å². The molecule has 5 nitrogen and oxygen atoms in total. The standard InChI is InChI=1S/C17H17NO4/c19-16(14-9-15(14)17(20)21)18(11-13-7-4-8-22-13)10-12-5-2-1-3-6-12/h1-8,14-15H,9-11H2,(H,20,21)/t14-,15+/m0/s1. The van der Waals surface area contributed by atoms with Crippen LogP contribution in [0.3, 0.4) is 0 Å². The Hall–Kier alpha value is -2.56. The van der Waals surface area contributed by atoms with E-state index in [0.29, 0.717) is 25.3 Å². The van der Waals surface area contributed by atoms with Gasteiger partial charge in [0.05, 0.1) is 24.6 Å². The number of hydrogen-bond donors (Lipinski definition) is 1. The van der Waals surface area contributed by atoms with E-state index in [0.717, 1.165) is 5.56 Å². The molecule has 22 heavy (non-hydrogen) atoms. The lowest BCUT2D eigenvalue weighted by Crippen LogP contribution is -2.32. The predicted molar refractivity (Wildman–Crippen MR) is 78.6 cm³/mol. The van der Waals surface area contributed by atoms with E-state index >= 15 is 0 Å². The van der Waals surface area contributed by atoms with Gasteiger partial charge in [-0.25, -0.2) is 0 Å². The average molecular weight is 299 g/mol. The topological polar surface area (TPSA) is 70.8 Å². The lowest BCUT2D eigenvalue weighted by molar-refractivity contribution is -0.142. The summed E-state index contributed by atoms with van der Waals surface area (Å²) >= 11 is 0. The number of carbonyl (C=O) groups is 2. The highest BCUT2D eigenvalue weighted by Crippen LogP contribution is 2.40. The van der Waals surface area contributed by atoms with Crippen LogP contribution in [0.1, 0.15) is 17.7 Å². The minimum Gasteiger partial charge on any atom is -0.481 e. The molecular weight excluding hydrogens is 282 g/mol. The molecule has 1 aromatic carbocycles. The molecule has 2 aromatic rings. The van der Waals surface area contributed by atoms with Gasteiger partial charge < -0.3 is 14.4 Å². The molecule has 0 aliphatic heterocycles. The third-order valence-electron chi connectivity index (χ3n) is 3.88. The molecule has 1 saturated carbocycles. The van der Waals surface area contributed by atoms with Crippen molar-refractivity contribution in [2.75, 3.05) is 0 Å². The lowest BCUT2D eigenvalue weighted by Gasteiger charge is -2.22. The molecule has 2 atom stereocenters. The van der Waals surface area contributed by atoms with Gasteiger partial charge in [0.25, 0.3) is 0 Å². The van der Waals surface area contributed by atoms with Gasteiger partial charge >= 0.3 is 5.97 Å². The molecule has 1 aliphatic carbocycles. The number of benzene rings is 1. The second kappa shape index (κ2) is 6.05. The smallest absolute Gasteiger partial charge is 0.307 e. The summed E-state index contributed by atoms with van der Waals surface area (Å²) in [6.45, 7) is 0.798. The summed E-state index contributed by atoms with van der Waals surface area (Å²) in [4.78, 5) is 25.2. The van der Waals surface area contributed by atoms with Crippen LogP contribution < -0.4 is 0 Å². The van der Waals surface area contributed by atoms with E-state index in [9.17, 15) is 9.59 Å². The van der Waals surface area contributed by atoms with Crippen LogP contribution in [-0.4, -0.2) is 21.9 Å². The Morgan fingerprint density at radius 1 is 1.09 bits per heavy atom. The van der Waals surface area contributed by atoms with Crippen LogP contribution in [0.4, 0.5) is 0 Å². The van der Waals surface area contributed by atoms with E-state index in [1.54, 1.807) is 17.2 Å². The van der Waals surface area contributed by atoms with Crippen LogP contribution in [0.2, 0.25) is 0 Å². The number of amides is 1. The SMILES string of the molecule is O=C(O)[C@@H]1C[C@@H]1C(=O)N(Cc1ccccc1)Cc1ccco1. The van der Waals surface area contributed by atoms with Crippen LogP contribution in [0.5, 0.6) is 0 Å². The van der Waals surface area contributed by atoms with Gasteiger partial charge in [-0.2, -0.15) is 0 Å². The van der Waals surface area contributed by atoms with Gasteiger partial charge in [0.1, 0.15) is 5.76 Å². The molecule has 1 N–H and O–H groups in total. The Kier molecular flexibility index (Phi) is 3.96. The van der Waals surface area contributed by atoms with E-state index in [1.165, 1.54) is 0 Å². The van der Waals surface area contributed by atoms with Gasteiger partial charge in [0.15, 0.2) is 0 Å². The normalized spacial score (nSPS) is 19.6. The van der Waals surface area contributed by atoms with Crippen LogP contribution in [0.25, 0.3) is 0 Å². The summed E-state index contributed by atoms with van der Waals surface area (Å²) in [7, 11) is 0. The molecule has 1 heterocycles. The van der Waals surface area contributed by atoms with Crippen LogP contribution >= 0.6 is 0 Å². The minimum atomic E-state index is -0.893. The van der Waals surface area contributed by atoms with E-state index < -0.39 is 17.8 Å². The molecule has 1 amide bonds. The van der Waals surface area contributed by atoms with Crippen molar-refractivity contribution in [2.24, 2.45) is 11.8 Å². The molecule has 0 bridgehead atoms. The number of rotatable bonds is 6. The largest absolute Gasteiger partial charge is 0.481 e. The first-order chi connectivity index (χ1) is 10.6. The number of carboxylic acids is 1. The third kappa shape index (κ3) is 3.19. The summed E-state index contributed by atoms with van der Waals surface area (Å²) in [6, 6.07) is 13.2.